The zero-order valence-electron chi connectivity index (χ0n) is 18.3. The topological polar surface area (TPSA) is 97.0 Å². The van der Waals surface area contributed by atoms with Crippen LogP contribution in [0.1, 0.15) is 12.5 Å². The van der Waals surface area contributed by atoms with Crippen LogP contribution in [0.5, 0.6) is 11.5 Å². The number of amides is 4. The lowest BCUT2D eigenvalue weighted by Crippen LogP contribution is -2.42. The smallest absolute Gasteiger partial charge is 0.325 e. The van der Waals surface area contributed by atoms with Gasteiger partial charge in [0.05, 0.1) is 24.9 Å². The maximum absolute atomic E-state index is 13.2. The molecular formula is C24H22ClN3O5. The molecule has 9 heteroatoms. The minimum Gasteiger partial charge on any atom is -0.495 e. The maximum Gasteiger partial charge on any atom is 0.325 e. The van der Waals surface area contributed by atoms with E-state index < -0.39 is 29.9 Å². The van der Waals surface area contributed by atoms with Gasteiger partial charge in [0.2, 0.25) is 5.91 Å². The van der Waals surface area contributed by atoms with Crippen molar-refractivity contribution in [1.82, 2.24) is 10.2 Å². The second kappa shape index (κ2) is 8.63. The molecule has 1 unspecified atom stereocenters. The van der Waals surface area contributed by atoms with E-state index in [1.165, 1.54) is 26.4 Å². The predicted molar refractivity (Wildman–Crippen MR) is 125 cm³/mol. The lowest BCUT2D eigenvalue weighted by molar-refractivity contribution is -0.133. The van der Waals surface area contributed by atoms with E-state index in [0.29, 0.717) is 17.1 Å². The Morgan fingerprint density at radius 1 is 1.03 bits per heavy atom. The first kappa shape index (κ1) is 22.4. The van der Waals surface area contributed by atoms with E-state index in [1.807, 2.05) is 36.4 Å². The first-order chi connectivity index (χ1) is 15.8. The Bertz CT molecular complexity index is 1280. The molecule has 1 fully saturated rings. The third-order valence-electron chi connectivity index (χ3n) is 5.65. The number of hydrogen-bond donors (Lipinski definition) is 2. The Hall–Kier alpha value is -3.78. The van der Waals surface area contributed by atoms with Crippen LogP contribution in [0.25, 0.3) is 10.8 Å². The van der Waals surface area contributed by atoms with E-state index >= 15 is 0 Å². The summed E-state index contributed by atoms with van der Waals surface area (Å²) in [6.45, 7) is 1.15. The van der Waals surface area contributed by atoms with Crippen LogP contribution in [-0.2, 0) is 15.1 Å². The summed E-state index contributed by atoms with van der Waals surface area (Å²) in [4.78, 5) is 39.5. The Balaban J connectivity index is 1.54. The molecule has 0 bridgehead atoms. The summed E-state index contributed by atoms with van der Waals surface area (Å²) < 4.78 is 10.4. The zero-order valence-corrected chi connectivity index (χ0v) is 19.0. The molecule has 1 saturated heterocycles. The van der Waals surface area contributed by atoms with Gasteiger partial charge in [-0.1, -0.05) is 48.0 Å². The van der Waals surface area contributed by atoms with Crippen molar-refractivity contribution in [3.8, 4) is 11.5 Å². The molecule has 1 aliphatic heterocycles. The van der Waals surface area contributed by atoms with E-state index in [0.717, 1.165) is 15.7 Å². The van der Waals surface area contributed by atoms with Gasteiger partial charge in [-0.05, 0) is 35.4 Å². The number of carbonyl (C=O) groups is 3. The lowest BCUT2D eigenvalue weighted by atomic mass is 9.90. The van der Waals surface area contributed by atoms with Crippen molar-refractivity contribution in [3.05, 3.63) is 65.2 Å². The minimum atomic E-state index is -1.29. The Morgan fingerprint density at radius 3 is 2.42 bits per heavy atom. The number of carbonyl (C=O) groups excluding carboxylic acids is 3. The lowest BCUT2D eigenvalue weighted by Gasteiger charge is -2.22. The van der Waals surface area contributed by atoms with Gasteiger partial charge in [-0.3, -0.25) is 14.5 Å². The Morgan fingerprint density at radius 2 is 1.73 bits per heavy atom. The molecule has 8 nitrogen and oxygen atoms in total. The number of anilines is 1. The highest BCUT2D eigenvalue weighted by molar-refractivity contribution is 6.32. The van der Waals surface area contributed by atoms with E-state index in [-0.39, 0.29) is 10.7 Å². The highest BCUT2D eigenvalue weighted by atomic mass is 35.5. The molecule has 1 heterocycles. The highest BCUT2D eigenvalue weighted by Gasteiger charge is 2.49. The largest absolute Gasteiger partial charge is 0.495 e. The number of nitrogens with zero attached hydrogens (tertiary/aromatic N) is 1. The molecule has 3 aromatic rings. The maximum atomic E-state index is 13.2. The number of urea groups is 1. The molecule has 0 aromatic heterocycles. The number of fused-ring (bicyclic) bond motifs is 1. The molecule has 1 aliphatic rings. The molecule has 0 spiro atoms. The van der Waals surface area contributed by atoms with Crippen LogP contribution < -0.4 is 20.1 Å². The van der Waals surface area contributed by atoms with Gasteiger partial charge in [-0.25, -0.2) is 4.79 Å². The first-order valence-electron chi connectivity index (χ1n) is 10.1. The second-order valence-electron chi connectivity index (χ2n) is 7.74. The van der Waals surface area contributed by atoms with Crippen molar-refractivity contribution < 1.29 is 23.9 Å². The van der Waals surface area contributed by atoms with Crippen LogP contribution in [0.15, 0.2) is 54.6 Å². The van der Waals surface area contributed by atoms with Gasteiger partial charge in [-0.2, -0.15) is 0 Å². The van der Waals surface area contributed by atoms with Crippen LogP contribution in [0.4, 0.5) is 10.5 Å². The quantitative estimate of drug-likeness (QED) is 0.536. The van der Waals surface area contributed by atoms with Crippen molar-refractivity contribution in [3.63, 3.8) is 0 Å². The molecular weight excluding hydrogens is 446 g/mol. The van der Waals surface area contributed by atoms with Gasteiger partial charge in [0.15, 0.2) is 0 Å². The Labute approximate surface area is 195 Å². The molecule has 33 heavy (non-hydrogen) atoms. The summed E-state index contributed by atoms with van der Waals surface area (Å²) in [5.41, 5.74) is -0.369. The van der Waals surface area contributed by atoms with Gasteiger partial charge in [0, 0.05) is 6.07 Å². The summed E-state index contributed by atoms with van der Waals surface area (Å²) in [5.74, 6) is -0.395. The van der Waals surface area contributed by atoms with Crippen molar-refractivity contribution in [2.24, 2.45) is 0 Å². The molecule has 0 radical (unpaired) electrons. The van der Waals surface area contributed by atoms with Crippen LogP contribution in [0.3, 0.4) is 0 Å². The number of nitrogens with one attached hydrogen (secondary N) is 2. The average Bonchev–Trinajstić information content (AvgIpc) is 3.02. The fourth-order valence-electron chi connectivity index (χ4n) is 3.83. The monoisotopic (exact) mass is 467 g/mol. The van der Waals surface area contributed by atoms with Crippen LogP contribution in [0, 0.1) is 0 Å². The van der Waals surface area contributed by atoms with E-state index in [9.17, 15) is 14.4 Å². The summed E-state index contributed by atoms with van der Waals surface area (Å²) in [6, 6.07) is 15.6. The summed E-state index contributed by atoms with van der Waals surface area (Å²) in [6.07, 6.45) is 0. The van der Waals surface area contributed by atoms with Crippen molar-refractivity contribution in [2.75, 3.05) is 26.1 Å². The number of imide groups is 1. The van der Waals surface area contributed by atoms with Gasteiger partial charge in [0.25, 0.3) is 5.91 Å². The van der Waals surface area contributed by atoms with Gasteiger partial charge >= 0.3 is 6.03 Å². The number of benzene rings is 3. The molecule has 4 rings (SSSR count). The van der Waals surface area contributed by atoms with E-state index in [2.05, 4.69) is 10.6 Å². The zero-order chi connectivity index (χ0) is 23.8. The molecule has 4 amide bonds. The van der Waals surface area contributed by atoms with Crippen molar-refractivity contribution in [1.29, 1.82) is 0 Å². The number of rotatable bonds is 6. The molecule has 170 valence electrons. The fraction of sp³-hybridized carbons (Fsp3) is 0.208. The summed E-state index contributed by atoms with van der Waals surface area (Å²) in [7, 11) is 2.90. The average molecular weight is 468 g/mol. The molecule has 2 N–H and O–H groups in total. The first-order valence-corrected chi connectivity index (χ1v) is 10.5. The third kappa shape index (κ3) is 4.05. The van der Waals surface area contributed by atoms with Gasteiger partial charge in [-0.15, -0.1) is 0 Å². The molecule has 0 saturated carbocycles. The molecule has 0 aliphatic carbocycles. The number of hydrogen-bond acceptors (Lipinski definition) is 5. The third-order valence-corrected chi connectivity index (χ3v) is 5.95. The van der Waals surface area contributed by atoms with Crippen LogP contribution in [0.2, 0.25) is 5.02 Å². The van der Waals surface area contributed by atoms with Gasteiger partial charge in [0.1, 0.15) is 23.6 Å². The fourth-order valence-corrected chi connectivity index (χ4v) is 4.07. The minimum absolute atomic E-state index is 0.271. The number of halogens is 1. The van der Waals surface area contributed by atoms with E-state index in [4.69, 9.17) is 21.1 Å². The van der Waals surface area contributed by atoms with Crippen molar-refractivity contribution in [2.45, 2.75) is 12.5 Å². The number of methoxy groups -OCH3 is 2. The molecule has 3 aromatic carbocycles. The Kier molecular flexibility index (Phi) is 5.86. The SMILES string of the molecule is COc1cc(OC)c(NC(=O)CN2C(=O)NC(C)(c3ccc4ccccc4c3)C2=O)cc1Cl. The van der Waals surface area contributed by atoms with Crippen LogP contribution >= 0.6 is 11.6 Å². The summed E-state index contributed by atoms with van der Waals surface area (Å²) in [5, 5.41) is 7.59. The van der Waals surface area contributed by atoms with Crippen molar-refractivity contribution >= 4 is 45.9 Å². The summed E-state index contributed by atoms with van der Waals surface area (Å²) >= 11 is 6.14. The van der Waals surface area contributed by atoms with E-state index in [1.54, 1.807) is 13.0 Å². The van der Waals surface area contributed by atoms with Gasteiger partial charge < -0.3 is 20.1 Å². The normalized spacial score (nSPS) is 17.8. The van der Waals surface area contributed by atoms with Crippen LogP contribution in [-0.4, -0.2) is 43.5 Å². The highest BCUT2D eigenvalue weighted by Crippen LogP contribution is 2.36. The number of ether oxygens (including phenoxy) is 2. The predicted octanol–water partition coefficient (Wildman–Crippen LogP) is 3.92. The molecule has 1 atom stereocenters. The second-order valence-corrected chi connectivity index (χ2v) is 8.15. The standard InChI is InChI=1S/C24H22ClN3O5/c1-24(16-9-8-14-6-4-5-7-15(14)10-16)22(30)28(23(31)27-24)13-21(29)26-18-11-17(25)19(32-2)12-20(18)33-3/h4-12H,13H2,1-3H3,(H,26,29)(H,27,31).